The van der Waals surface area contributed by atoms with Gasteiger partial charge in [0.05, 0.1) is 88.1 Å². The lowest BCUT2D eigenvalue weighted by Crippen LogP contribution is -2.06. The molecule has 0 aliphatic rings. The molecule has 0 saturated carbocycles. The number of sulfone groups is 11. The predicted octanol–water partition coefficient (Wildman–Crippen LogP) is 14.2. The van der Waals surface area contributed by atoms with Crippen molar-refractivity contribution >= 4 is 119 Å². The second-order valence-electron chi connectivity index (χ2n) is 26.9. The summed E-state index contributed by atoms with van der Waals surface area (Å²) in [6, 6.07) is 71.7. The van der Waals surface area contributed by atoms with Crippen LogP contribution in [0.4, 0.5) is 0 Å². The van der Waals surface area contributed by atoms with Crippen molar-refractivity contribution in [3.05, 3.63) is 326 Å². The molecule has 33 heteroatoms. The van der Waals surface area contributed by atoms with Gasteiger partial charge in [0, 0.05) is 35.8 Å². The Kier molecular flexibility index (Phi) is 26.0. The molecule has 13 aromatic rings. The molecule has 13 aromatic carbocycles. The quantitative estimate of drug-likeness (QED) is 0.0725. The van der Waals surface area contributed by atoms with Crippen molar-refractivity contribution in [3.63, 3.8) is 0 Å². The molecule has 0 unspecified atom stereocenters. The van der Waals surface area contributed by atoms with E-state index < -0.39 is 108 Å². The first kappa shape index (κ1) is 88.9. The van der Waals surface area contributed by atoms with Crippen LogP contribution in [0.25, 0.3) is 21.9 Å². The largest absolute Gasteiger partial charge is 0.224 e. The standard InChI is InChI=1S/C32H26O8S4.C24H20O6S3.C20H18O6S3.C8H10O2S/c1-23-3-9-27(10-4-23)42(35,36)29-15-19-31(20-16-29)44(39,40)32-21-17-30(18-22-32)43(37,38)28-13-7-25(8-14-28)24-5-11-26(12-6-24)41(2,33)34;1-17-9-11-19(12-10-17)32(27,28)23-7-3-6-22-21(23)5-4-8-24(22)33(29,30)20-15-13-18(14-16-20)31(2,25)26;1-15-4-3-5-20(14-15)29(25,26)19-12-10-18(11-13-19)28(23,24)17-8-6-16(7-9-17)27(2,21)22;1-7-3-5-8(6-4-7)11(2,9)10/h3-22H,1-2H3;3-16H,1-2H3;3-14H,1-2H3;3-6H,1-2H3. The molecular weight excluding hydrogens is 1710 g/mol. The van der Waals surface area contributed by atoms with Crippen molar-refractivity contribution in [1.82, 2.24) is 0 Å². The van der Waals surface area contributed by atoms with Gasteiger partial charge in [0.15, 0.2) is 39.3 Å². The lowest BCUT2D eigenvalue weighted by atomic mass is 10.1. The van der Waals surface area contributed by atoms with E-state index in [1.165, 1.54) is 206 Å². The summed E-state index contributed by atoms with van der Waals surface area (Å²) in [7, 11) is -40.8. The lowest BCUT2D eigenvalue weighted by Gasteiger charge is -2.12. The summed E-state index contributed by atoms with van der Waals surface area (Å²) in [5, 5.41) is 0.546. The third kappa shape index (κ3) is 20.4. The van der Waals surface area contributed by atoms with Gasteiger partial charge in [-0.25, -0.2) is 92.6 Å². The normalized spacial score (nSPS) is 12.5. The van der Waals surface area contributed by atoms with Crippen LogP contribution in [0.1, 0.15) is 22.3 Å². The van der Waals surface area contributed by atoms with Gasteiger partial charge in [-0.1, -0.05) is 114 Å². The Bertz CT molecular complexity index is 7310. The summed E-state index contributed by atoms with van der Waals surface area (Å²) in [6.45, 7) is 7.40. The summed E-state index contributed by atoms with van der Waals surface area (Å²) in [5.74, 6) is 0. The molecule has 608 valence electrons. The van der Waals surface area contributed by atoms with Crippen LogP contribution in [0.3, 0.4) is 0 Å². The monoisotopic (exact) mass is 1790 g/mol. The van der Waals surface area contributed by atoms with E-state index >= 15 is 0 Å². The molecule has 0 spiro atoms. The minimum Gasteiger partial charge on any atom is -0.224 e. The Hall–Kier alpha value is -10.4. The summed E-state index contributed by atoms with van der Waals surface area (Å²) in [6.07, 6.45) is 4.39. The minimum absolute atomic E-state index is 0.00464. The first-order valence-corrected chi connectivity index (χ1v) is 52.4. The summed E-state index contributed by atoms with van der Waals surface area (Å²) in [4.78, 5) is 0.101. The van der Waals surface area contributed by atoms with Crippen LogP contribution in [-0.2, 0) is 108 Å². The van der Waals surface area contributed by atoms with E-state index in [-0.39, 0.29) is 94.0 Å². The highest BCUT2D eigenvalue weighted by molar-refractivity contribution is 7.94. The van der Waals surface area contributed by atoms with Gasteiger partial charge in [0.2, 0.25) is 68.9 Å². The zero-order valence-corrected chi connectivity index (χ0v) is 72.3. The van der Waals surface area contributed by atoms with E-state index in [4.69, 9.17) is 0 Å². The van der Waals surface area contributed by atoms with Crippen molar-refractivity contribution in [2.24, 2.45) is 0 Å². The summed E-state index contributed by atoms with van der Waals surface area (Å²) in [5.41, 5.74) is 5.07. The molecule has 22 nitrogen and oxygen atoms in total. The second-order valence-corrected chi connectivity index (χ2v) is 48.5. The maximum Gasteiger partial charge on any atom is 0.207 e. The molecule has 13 rings (SSSR count). The van der Waals surface area contributed by atoms with Gasteiger partial charge in [0.1, 0.15) is 0 Å². The van der Waals surface area contributed by atoms with Gasteiger partial charge >= 0.3 is 0 Å². The van der Waals surface area contributed by atoms with E-state index in [1.54, 1.807) is 110 Å². The molecule has 0 saturated heterocycles. The number of hydrogen-bond acceptors (Lipinski definition) is 22. The van der Waals surface area contributed by atoms with Crippen LogP contribution < -0.4 is 0 Å². The van der Waals surface area contributed by atoms with Crippen LogP contribution in [0, 0.1) is 27.7 Å². The third-order valence-corrected chi connectivity index (χ3v) is 35.1. The molecule has 0 aromatic heterocycles. The number of fused-ring (bicyclic) bond motifs is 1. The molecule has 117 heavy (non-hydrogen) atoms. The molecule has 0 aliphatic carbocycles. The Morgan fingerprint density at radius 3 is 0.547 bits per heavy atom. The number of rotatable bonds is 19. The lowest BCUT2D eigenvalue weighted by molar-refractivity contribution is 0.591. The molecule has 0 aliphatic heterocycles. The van der Waals surface area contributed by atoms with Crippen molar-refractivity contribution in [1.29, 1.82) is 0 Å². The third-order valence-electron chi connectivity index (χ3n) is 18.1. The van der Waals surface area contributed by atoms with E-state index in [0.29, 0.717) is 16.0 Å². The van der Waals surface area contributed by atoms with E-state index in [1.807, 2.05) is 20.8 Å². The van der Waals surface area contributed by atoms with E-state index in [0.717, 1.165) is 41.0 Å². The first-order chi connectivity index (χ1) is 54.4. The smallest absolute Gasteiger partial charge is 0.207 e. The molecule has 0 atom stereocenters. The van der Waals surface area contributed by atoms with Crippen LogP contribution in [0.2, 0.25) is 0 Å². The van der Waals surface area contributed by atoms with Crippen LogP contribution in [0.15, 0.2) is 391 Å². The fourth-order valence-electron chi connectivity index (χ4n) is 11.5. The fraction of sp³-hybridized carbons (Fsp3) is 0.0952. The average molecular weight is 1790 g/mol. The maximum atomic E-state index is 13.4. The first-order valence-electron chi connectivity index (χ1n) is 34.5. The van der Waals surface area contributed by atoms with Crippen molar-refractivity contribution < 1.29 is 92.6 Å². The highest BCUT2D eigenvalue weighted by Gasteiger charge is 2.29. The molecular formula is C84H74O22S11. The van der Waals surface area contributed by atoms with Gasteiger partial charge in [0.25, 0.3) is 0 Å². The van der Waals surface area contributed by atoms with Gasteiger partial charge in [-0.05, 0) is 251 Å². The topological polar surface area (TPSA) is 376 Å². The molecule has 0 amide bonds. The van der Waals surface area contributed by atoms with Crippen LogP contribution in [0.5, 0.6) is 0 Å². The molecule has 0 bridgehead atoms. The highest BCUT2D eigenvalue weighted by atomic mass is 32.2. The Balaban J connectivity index is 0.000000177. The Labute approximate surface area is 683 Å². The number of hydrogen-bond donors (Lipinski definition) is 0. The molecule has 0 heterocycles. The number of benzene rings is 13. The summed E-state index contributed by atoms with van der Waals surface area (Å²) < 4.78 is 275. The Morgan fingerprint density at radius 2 is 0.325 bits per heavy atom. The second kappa shape index (κ2) is 34.3. The molecule has 0 radical (unpaired) electrons. The van der Waals surface area contributed by atoms with Crippen molar-refractivity contribution in [2.45, 2.75) is 116 Å². The minimum atomic E-state index is -4.07. The summed E-state index contributed by atoms with van der Waals surface area (Å²) >= 11 is 0. The van der Waals surface area contributed by atoms with E-state index in [9.17, 15) is 92.6 Å². The van der Waals surface area contributed by atoms with Gasteiger partial charge in [-0.15, -0.1) is 0 Å². The molecule has 0 N–H and O–H groups in total. The SMILES string of the molecule is Cc1ccc(S(=O)(=O)c2ccc(S(=O)(=O)c3ccc(S(=O)(=O)c4ccc(-c5ccc(S(C)(=O)=O)cc5)cc4)cc3)cc2)cc1.Cc1ccc(S(=O)(=O)c2cccc3c(S(=O)(=O)c4ccc(S(C)(=O)=O)cc4)cccc23)cc1.Cc1ccc(S(C)(=O)=O)cc1.Cc1cccc(S(=O)(=O)c2ccc(S(=O)(=O)c3ccc(S(C)(=O)=O)cc3)cc2)c1. The Morgan fingerprint density at radius 1 is 0.154 bits per heavy atom. The zero-order valence-electron chi connectivity index (χ0n) is 63.3. The van der Waals surface area contributed by atoms with Crippen molar-refractivity contribution in [3.8, 4) is 11.1 Å². The van der Waals surface area contributed by atoms with Gasteiger partial charge in [-0.3, -0.25) is 0 Å². The van der Waals surface area contributed by atoms with Crippen LogP contribution >= 0.6 is 0 Å². The number of aryl methyl sites for hydroxylation is 4. The average Bonchev–Trinajstić information content (AvgIpc) is 0.754. The fourth-order valence-corrected chi connectivity index (χ4v) is 23.4. The van der Waals surface area contributed by atoms with Crippen molar-refractivity contribution in [2.75, 3.05) is 25.0 Å². The van der Waals surface area contributed by atoms with Gasteiger partial charge in [-0.2, -0.15) is 0 Å². The molecule has 0 fully saturated rings. The maximum absolute atomic E-state index is 13.4. The zero-order chi connectivity index (χ0) is 85.9. The van der Waals surface area contributed by atoms with Gasteiger partial charge < -0.3 is 0 Å². The van der Waals surface area contributed by atoms with Crippen LogP contribution in [-0.4, -0.2) is 118 Å². The van der Waals surface area contributed by atoms with E-state index in [2.05, 4.69) is 0 Å². The highest BCUT2D eigenvalue weighted by Crippen LogP contribution is 2.36. The predicted molar refractivity (Wildman–Crippen MR) is 443 cm³/mol.